The zero-order valence-electron chi connectivity index (χ0n) is 16.2. The van der Waals surface area contributed by atoms with Gasteiger partial charge in [0.2, 0.25) is 0 Å². The zero-order valence-corrected chi connectivity index (χ0v) is 17.0. The molecule has 1 heterocycles. The van der Waals surface area contributed by atoms with Crippen LogP contribution in [-0.2, 0) is 0 Å². The van der Waals surface area contributed by atoms with Gasteiger partial charge in [0, 0.05) is 9.79 Å². The maximum absolute atomic E-state index is 2.53. The lowest BCUT2D eigenvalue weighted by Gasteiger charge is -2.41. The average molecular weight is 356 g/mol. The number of rotatable bonds is 6. The minimum atomic E-state index is 0.558. The van der Waals surface area contributed by atoms with Crippen molar-refractivity contribution < 1.29 is 4.48 Å². The molecule has 0 amide bonds. The van der Waals surface area contributed by atoms with Crippen LogP contribution in [0.4, 0.5) is 11.4 Å². The van der Waals surface area contributed by atoms with Gasteiger partial charge in [-0.05, 0) is 43.5 Å². The fourth-order valence-electron chi connectivity index (χ4n) is 3.27. The van der Waals surface area contributed by atoms with E-state index in [1.165, 1.54) is 34.1 Å². The summed E-state index contributed by atoms with van der Waals surface area (Å²) in [5, 5.41) is 0. The first-order chi connectivity index (χ1) is 11.9. The molecule has 2 aromatic carbocycles. The summed E-state index contributed by atoms with van der Waals surface area (Å²) in [7, 11) is 4.76. The SMILES string of the molecule is CC(C)CC[N+](C)(C)C(C)CN1c2ccccc2Sc2ccccc21. The predicted octanol–water partition coefficient (Wildman–Crippen LogP) is 5.80. The second-order valence-electron chi connectivity index (χ2n) is 8.18. The molecule has 0 saturated heterocycles. The Morgan fingerprint density at radius 1 is 0.880 bits per heavy atom. The van der Waals surface area contributed by atoms with Crippen LogP contribution in [0.2, 0.25) is 0 Å². The van der Waals surface area contributed by atoms with E-state index in [-0.39, 0.29) is 0 Å². The molecule has 0 radical (unpaired) electrons. The number of benzene rings is 2. The molecule has 25 heavy (non-hydrogen) atoms. The monoisotopic (exact) mass is 355 g/mol. The summed E-state index contributed by atoms with van der Waals surface area (Å²) in [6, 6.07) is 18.2. The normalized spacial score (nSPS) is 15.0. The quantitative estimate of drug-likeness (QED) is 0.602. The number of nitrogens with zero attached hydrogens (tertiary/aromatic N) is 2. The molecule has 0 bridgehead atoms. The number of anilines is 2. The molecule has 0 aromatic heterocycles. The fourth-order valence-corrected chi connectivity index (χ4v) is 4.37. The van der Waals surface area contributed by atoms with E-state index in [0.717, 1.165) is 16.9 Å². The van der Waals surface area contributed by atoms with Crippen LogP contribution in [-0.4, -0.2) is 37.7 Å². The molecule has 0 fully saturated rings. The van der Waals surface area contributed by atoms with Gasteiger partial charge in [-0.3, -0.25) is 0 Å². The first kappa shape index (κ1) is 18.3. The fraction of sp³-hybridized carbons (Fsp3) is 0.455. The van der Waals surface area contributed by atoms with Crippen molar-refractivity contribution in [3.8, 4) is 0 Å². The summed E-state index contributed by atoms with van der Waals surface area (Å²) in [5.41, 5.74) is 2.70. The highest BCUT2D eigenvalue weighted by Crippen LogP contribution is 2.47. The molecule has 1 atom stereocenters. The van der Waals surface area contributed by atoms with Crippen molar-refractivity contribution in [2.75, 3.05) is 32.1 Å². The van der Waals surface area contributed by atoms with E-state index in [4.69, 9.17) is 0 Å². The van der Waals surface area contributed by atoms with Crippen molar-refractivity contribution in [2.24, 2.45) is 5.92 Å². The molecular weight excluding hydrogens is 324 g/mol. The van der Waals surface area contributed by atoms with Crippen molar-refractivity contribution in [3.63, 3.8) is 0 Å². The molecule has 0 aliphatic carbocycles. The van der Waals surface area contributed by atoms with Crippen LogP contribution in [0.5, 0.6) is 0 Å². The Hall–Kier alpha value is -1.45. The molecule has 2 aromatic rings. The molecule has 1 unspecified atom stereocenters. The molecule has 3 heteroatoms. The van der Waals surface area contributed by atoms with Crippen molar-refractivity contribution in [1.82, 2.24) is 0 Å². The minimum Gasteiger partial charge on any atom is -0.334 e. The van der Waals surface area contributed by atoms with Crippen LogP contribution in [0.25, 0.3) is 0 Å². The van der Waals surface area contributed by atoms with Crippen LogP contribution >= 0.6 is 11.8 Å². The summed E-state index contributed by atoms with van der Waals surface area (Å²) in [6.45, 7) is 9.30. The third kappa shape index (κ3) is 4.04. The zero-order chi connectivity index (χ0) is 18.0. The number of hydrogen-bond donors (Lipinski definition) is 0. The van der Waals surface area contributed by atoms with Gasteiger partial charge in [-0.25, -0.2) is 0 Å². The molecule has 134 valence electrons. The van der Waals surface area contributed by atoms with E-state index in [9.17, 15) is 0 Å². The first-order valence-electron chi connectivity index (χ1n) is 9.34. The number of fused-ring (bicyclic) bond motifs is 2. The van der Waals surface area contributed by atoms with Crippen LogP contribution < -0.4 is 4.90 Å². The maximum atomic E-state index is 2.53. The second-order valence-corrected chi connectivity index (χ2v) is 9.27. The van der Waals surface area contributed by atoms with E-state index in [1.807, 2.05) is 11.8 Å². The third-order valence-corrected chi connectivity index (χ3v) is 6.59. The molecule has 1 aliphatic rings. The molecular formula is C22H31N2S+. The van der Waals surface area contributed by atoms with E-state index in [1.54, 1.807) is 0 Å². The van der Waals surface area contributed by atoms with Gasteiger partial charge < -0.3 is 9.38 Å². The Balaban J connectivity index is 1.87. The number of quaternary nitrogens is 1. The summed E-state index contributed by atoms with van der Waals surface area (Å²) < 4.78 is 1.06. The van der Waals surface area contributed by atoms with E-state index in [0.29, 0.717) is 6.04 Å². The number of likely N-dealkylation sites (N-methyl/N-ethyl adjacent to an activating group) is 1. The molecule has 0 saturated carbocycles. The van der Waals surface area contributed by atoms with Crippen molar-refractivity contribution in [3.05, 3.63) is 48.5 Å². The predicted molar refractivity (Wildman–Crippen MR) is 110 cm³/mol. The third-order valence-electron chi connectivity index (χ3n) is 5.45. The van der Waals surface area contributed by atoms with E-state index >= 15 is 0 Å². The lowest BCUT2D eigenvalue weighted by atomic mass is 10.1. The average Bonchev–Trinajstić information content (AvgIpc) is 2.59. The highest BCUT2D eigenvalue weighted by molar-refractivity contribution is 7.99. The van der Waals surface area contributed by atoms with Gasteiger partial charge in [-0.2, -0.15) is 0 Å². The molecule has 1 aliphatic heterocycles. The smallest absolute Gasteiger partial charge is 0.104 e. The Morgan fingerprint density at radius 2 is 1.40 bits per heavy atom. The number of para-hydroxylation sites is 2. The highest BCUT2D eigenvalue weighted by atomic mass is 32.2. The first-order valence-corrected chi connectivity index (χ1v) is 10.2. The highest BCUT2D eigenvalue weighted by Gasteiger charge is 2.30. The Kier molecular flexibility index (Phi) is 5.45. The van der Waals surface area contributed by atoms with Gasteiger partial charge in [0.05, 0.1) is 38.6 Å². The van der Waals surface area contributed by atoms with E-state index in [2.05, 4.69) is 88.3 Å². The Labute approximate surface area is 157 Å². The Bertz CT molecular complexity index is 678. The minimum absolute atomic E-state index is 0.558. The van der Waals surface area contributed by atoms with Gasteiger partial charge >= 0.3 is 0 Å². The lowest BCUT2D eigenvalue weighted by molar-refractivity contribution is -0.912. The van der Waals surface area contributed by atoms with Gasteiger partial charge in [-0.1, -0.05) is 49.9 Å². The van der Waals surface area contributed by atoms with Gasteiger partial charge in [0.1, 0.15) is 6.04 Å². The maximum Gasteiger partial charge on any atom is 0.104 e. The van der Waals surface area contributed by atoms with E-state index < -0.39 is 0 Å². The number of hydrogen-bond acceptors (Lipinski definition) is 2. The molecule has 0 N–H and O–H groups in total. The Morgan fingerprint density at radius 3 is 1.92 bits per heavy atom. The summed E-state index contributed by atoms with van der Waals surface area (Å²) >= 11 is 1.89. The van der Waals surface area contributed by atoms with Crippen molar-refractivity contribution >= 4 is 23.1 Å². The summed E-state index contributed by atoms with van der Waals surface area (Å²) in [6.07, 6.45) is 1.28. The molecule has 3 rings (SSSR count). The van der Waals surface area contributed by atoms with Crippen molar-refractivity contribution in [1.29, 1.82) is 0 Å². The van der Waals surface area contributed by atoms with Gasteiger partial charge in [0.15, 0.2) is 0 Å². The van der Waals surface area contributed by atoms with Crippen LogP contribution in [0, 0.1) is 5.92 Å². The largest absolute Gasteiger partial charge is 0.334 e. The van der Waals surface area contributed by atoms with Crippen molar-refractivity contribution in [2.45, 2.75) is 43.0 Å². The van der Waals surface area contributed by atoms with Gasteiger partial charge in [-0.15, -0.1) is 0 Å². The topological polar surface area (TPSA) is 3.24 Å². The summed E-state index contributed by atoms with van der Waals surface area (Å²) in [4.78, 5) is 5.25. The molecule has 0 spiro atoms. The lowest BCUT2D eigenvalue weighted by Crippen LogP contribution is -2.52. The molecule has 2 nitrogen and oxygen atoms in total. The van der Waals surface area contributed by atoms with Gasteiger partial charge in [0.25, 0.3) is 0 Å². The van der Waals surface area contributed by atoms with Crippen LogP contribution in [0.1, 0.15) is 27.2 Å². The van der Waals surface area contributed by atoms with Crippen LogP contribution in [0.3, 0.4) is 0 Å². The summed E-state index contributed by atoms with van der Waals surface area (Å²) in [5.74, 6) is 0.762. The standard InChI is InChI=1S/C22H31N2S/c1-17(2)14-15-24(4,5)18(3)16-23-19-10-6-8-12-21(19)25-22-13-9-7-11-20(22)23/h6-13,17-18H,14-16H2,1-5H3/q+1. The second kappa shape index (κ2) is 7.43. The van der Waals surface area contributed by atoms with Crippen LogP contribution in [0.15, 0.2) is 58.3 Å².